The Bertz CT molecular complexity index is 543. The van der Waals surface area contributed by atoms with Gasteiger partial charge in [0, 0.05) is 6.54 Å². The number of carbonyl (C=O) groups is 1. The number of sulfonamides is 1. The smallest absolute Gasteiger partial charge is 0.227 e. The Morgan fingerprint density at radius 2 is 1.90 bits per heavy atom. The zero-order valence-electron chi connectivity index (χ0n) is 12.6. The lowest BCUT2D eigenvalue weighted by molar-refractivity contribution is -0.123. The fourth-order valence-corrected chi connectivity index (χ4v) is 2.78. The van der Waals surface area contributed by atoms with E-state index in [1.54, 1.807) is 0 Å². The van der Waals surface area contributed by atoms with E-state index in [4.69, 9.17) is 5.14 Å². The summed E-state index contributed by atoms with van der Waals surface area (Å²) in [6.07, 6.45) is 1.22. The van der Waals surface area contributed by atoms with Crippen LogP contribution in [0.5, 0.6) is 0 Å². The van der Waals surface area contributed by atoms with Gasteiger partial charge < -0.3 is 5.32 Å². The minimum Gasteiger partial charge on any atom is -0.356 e. The standard InChI is InChI=1S/C15H24N2O3S/c1-3-12(2)14(13-8-5-4-6-9-13)15(18)17-10-7-11-21(16,19)20/h4-6,8-9,12,14H,3,7,10-11H2,1-2H3,(H,17,18)(H2,16,19,20). The minimum absolute atomic E-state index is 0.0648. The first-order chi connectivity index (χ1) is 9.85. The van der Waals surface area contributed by atoms with E-state index in [0.29, 0.717) is 13.0 Å². The van der Waals surface area contributed by atoms with Gasteiger partial charge in [-0.1, -0.05) is 50.6 Å². The van der Waals surface area contributed by atoms with Gasteiger partial charge in [-0.25, -0.2) is 13.6 Å². The first kappa shape index (κ1) is 17.7. The molecule has 0 aliphatic carbocycles. The molecule has 0 spiro atoms. The molecule has 0 aromatic heterocycles. The fraction of sp³-hybridized carbons (Fsp3) is 0.533. The third-order valence-electron chi connectivity index (χ3n) is 3.56. The molecule has 0 saturated carbocycles. The van der Waals surface area contributed by atoms with E-state index >= 15 is 0 Å². The number of hydrogen-bond donors (Lipinski definition) is 2. The highest BCUT2D eigenvalue weighted by atomic mass is 32.2. The van der Waals surface area contributed by atoms with Gasteiger partial charge >= 0.3 is 0 Å². The predicted molar refractivity (Wildman–Crippen MR) is 84.2 cm³/mol. The molecule has 1 rings (SSSR count). The van der Waals surface area contributed by atoms with E-state index in [-0.39, 0.29) is 23.5 Å². The number of benzene rings is 1. The maximum Gasteiger partial charge on any atom is 0.227 e. The van der Waals surface area contributed by atoms with Crippen LogP contribution in [0.3, 0.4) is 0 Å². The summed E-state index contributed by atoms with van der Waals surface area (Å²) >= 11 is 0. The van der Waals surface area contributed by atoms with E-state index in [0.717, 1.165) is 12.0 Å². The van der Waals surface area contributed by atoms with Crippen molar-refractivity contribution in [3.63, 3.8) is 0 Å². The summed E-state index contributed by atoms with van der Waals surface area (Å²) in [7, 11) is -3.47. The molecular formula is C15H24N2O3S. The van der Waals surface area contributed by atoms with Gasteiger partial charge in [-0.2, -0.15) is 0 Å². The maximum atomic E-state index is 12.4. The third-order valence-corrected chi connectivity index (χ3v) is 4.42. The quantitative estimate of drug-likeness (QED) is 0.715. The Balaban J connectivity index is 2.65. The van der Waals surface area contributed by atoms with Gasteiger partial charge in [-0.05, 0) is 17.9 Å². The van der Waals surface area contributed by atoms with Crippen LogP contribution < -0.4 is 10.5 Å². The molecule has 3 N–H and O–H groups in total. The molecule has 0 bridgehead atoms. The SMILES string of the molecule is CCC(C)C(C(=O)NCCCS(N)(=O)=O)c1ccccc1. The third kappa shape index (κ3) is 6.27. The van der Waals surface area contributed by atoms with Crippen LogP contribution in [0, 0.1) is 5.92 Å². The van der Waals surface area contributed by atoms with Gasteiger partial charge in [0.2, 0.25) is 15.9 Å². The molecule has 5 nitrogen and oxygen atoms in total. The van der Waals surface area contributed by atoms with Crippen LogP contribution in [0.4, 0.5) is 0 Å². The molecule has 0 aliphatic rings. The fourth-order valence-electron chi connectivity index (χ4n) is 2.23. The number of nitrogens with one attached hydrogen (secondary N) is 1. The van der Waals surface area contributed by atoms with Gasteiger partial charge in [0.15, 0.2) is 0 Å². The second-order valence-corrected chi connectivity index (χ2v) is 7.02. The molecule has 0 aliphatic heterocycles. The van der Waals surface area contributed by atoms with Crippen LogP contribution >= 0.6 is 0 Å². The van der Waals surface area contributed by atoms with Crippen molar-refractivity contribution in [2.24, 2.45) is 11.1 Å². The second-order valence-electron chi connectivity index (χ2n) is 5.29. The molecule has 118 valence electrons. The van der Waals surface area contributed by atoms with Crippen molar-refractivity contribution >= 4 is 15.9 Å². The monoisotopic (exact) mass is 312 g/mol. The van der Waals surface area contributed by atoms with Crippen molar-refractivity contribution in [2.75, 3.05) is 12.3 Å². The summed E-state index contributed by atoms with van der Waals surface area (Å²) in [6.45, 7) is 4.41. The molecule has 1 amide bonds. The molecule has 1 aromatic rings. The van der Waals surface area contributed by atoms with Crippen molar-refractivity contribution < 1.29 is 13.2 Å². The Hall–Kier alpha value is -1.40. The number of primary sulfonamides is 1. The van der Waals surface area contributed by atoms with E-state index in [1.807, 2.05) is 37.3 Å². The number of amides is 1. The highest BCUT2D eigenvalue weighted by Gasteiger charge is 2.25. The topological polar surface area (TPSA) is 89.3 Å². The van der Waals surface area contributed by atoms with Crippen molar-refractivity contribution in [3.05, 3.63) is 35.9 Å². The van der Waals surface area contributed by atoms with E-state index in [9.17, 15) is 13.2 Å². The lowest BCUT2D eigenvalue weighted by Crippen LogP contribution is -2.34. The predicted octanol–water partition coefficient (Wildman–Crippen LogP) is 1.61. The van der Waals surface area contributed by atoms with Crippen molar-refractivity contribution in [1.82, 2.24) is 5.32 Å². The molecule has 2 unspecified atom stereocenters. The minimum atomic E-state index is -3.47. The number of hydrogen-bond acceptors (Lipinski definition) is 3. The molecule has 2 atom stereocenters. The molecule has 0 saturated heterocycles. The average Bonchev–Trinajstić information content (AvgIpc) is 2.44. The summed E-state index contributed by atoms with van der Waals surface area (Å²) in [5.74, 6) is -0.187. The van der Waals surface area contributed by atoms with Crippen LogP contribution in [0.2, 0.25) is 0 Å². The first-order valence-electron chi connectivity index (χ1n) is 7.18. The van der Waals surface area contributed by atoms with Crippen molar-refractivity contribution in [1.29, 1.82) is 0 Å². The zero-order chi connectivity index (χ0) is 15.9. The van der Waals surface area contributed by atoms with Crippen LogP contribution in [-0.4, -0.2) is 26.6 Å². The largest absolute Gasteiger partial charge is 0.356 e. The Kier molecular flexibility index (Phi) is 6.84. The Morgan fingerprint density at radius 1 is 1.29 bits per heavy atom. The van der Waals surface area contributed by atoms with Gasteiger partial charge in [-0.3, -0.25) is 4.79 Å². The Morgan fingerprint density at radius 3 is 2.43 bits per heavy atom. The van der Waals surface area contributed by atoms with E-state index < -0.39 is 10.0 Å². The number of rotatable bonds is 8. The molecule has 6 heteroatoms. The molecule has 1 aromatic carbocycles. The average molecular weight is 312 g/mol. The molecular weight excluding hydrogens is 288 g/mol. The molecule has 0 heterocycles. The lowest BCUT2D eigenvalue weighted by Gasteiger charge is -2.22. The maximum absolute atomic E-state index is 12.4. The molecule has 0 radical (unpaired) electrons. The first-order valence-corrected chi connectivity index (χ1v) is 8.89. The molecule has 21 heavy (non-hydrogen) atoms. The summed E-state index contributed by atoms with van der Waals surface area (Å²) in [5, 5.41) is 7.74. The van der Waals surface area contributed by atoms with Crippen LogP contribution in [0.25, 0.3) is 0 Å². The van der Waals surface area contributed by atoms with Crippen molar-refractivity contribution in [2.45, 2.75) is 32.6 Å². The van der Waals surface area contributed by atoms with Gasteiger partial charge in [0.1, 0.15) is 0 Å². The highest BCUT2D eigenvalue weighted by Crippen LogP contribution is 2.27. The van der Waals surface area contributed by atoms with Crippen LogP contribution in [-0.2, 0) is 14.8 Å². The normalized spacial score (nSPS) is 14.4. The zero-order valence-corrected chi connectivity index (χ0v) is 13.4. The summed E-state index contributed by atoms with van der Waals surface area (Å²) in [5.41, 5.74) is 0.982. The lowest BCUT2D eigenvalue weighted by atomic mass is 9.85. The van der Waals surface area contributed by atoms with E-state index in [2.05, 4.69) is 12.2 Å². The van der Waals surface area contributed by atoms with E-state index in [1.165, 1.54) is 0 Å². The number of nitrogens with two attached hydrogens (primary N) is 1. The van der Waals surface area contributed by atoms with Gasteiger partial charge in [-0.15, -0.1) is 0 Å². The van der Waals surface area contributed by atoms with Gasteiger partial charge in [0.05, 0.1) is 11.7 Å². The van der Waals surface area contributed by atoms with Crippen LogP contribution in [0.15, 0.2) is 30.3 Å². The van der Waals surface area contributed by atoms with Crippen molar-refractivity contribution in [3.8, 4) is 0 Å². The summed E-state index contributed by atoms with van der Waals surface area (Å²) in [6, 6.07) is 9.64. The van der Waals surface area contributed by atoms with Crippen LogP contribution in [0.1, 0.15) is 38.2 Å². The number of carbonyl (C=O) groups excluding carboxylic acids is 1. The molecule has 0 fully saturated rings. The second kappa shape index (κ2) is 8.14. The highest BCUT2D eigenvalue weighted by molar-refractivity contribution is 7.89. The summed E-state index contributed by atoms with van der Waals surface area (Å²) < 4.78 is 21.7. The van der Waals surface area contributed by atoms with Gasteiger partial charge in [0.25, 0.3) is 0 Å². The summed E-state index contributed by atoms with van der Waals surface area (Å²) in [4.78, 5) is 12.4. The Labute approximate surface area is 127 Å².